The van der Waals surface area contributed by atoms with E-state index in [1.54, 1.807) is 26.0 Å². The number of hydrogen-bond acceptors (Lipinski definition) is 4. The zero-order chi connectivity index (χ0) is 20.2. The van der Waals surface area contributed by atoms with E-state index in [-0.39, 0.29) is 22.9 Å². The summed E-state index contributed by atoms with van der Waals surface area (Å²) >= 11 is 12.2. The molecule has 2 aromatic carbocycles. The molecule has 5 nitrogen and oxygen atoms in total. The normalized spacial score (nSPS) is 12.6. The average molecular weight is 430 g/mol. The third-order valence-corrected chi connectivity index (χ3v) is 6.55. The van der Waals surface area contributed by atoms with Crippen LogP contribution in [0.1, 0.15) is 36.1 Å². The van der Waals surface area contributed by atoms with Crippen molar-refractivity contribution in [2.75, 3.05) is 6.61 Å². The van der Waals surface area contributed by atoms with E-state index in [0.717, 1.165) is 5.56 Å². The number of halogens is 2. The van der Waals surface area contributed by atoms with Crippen molar-refractivity contribution in [3.63, 3.8) is 0 Å². The molecule has 0 saturated heterocycles. The van der Waals surface area contributed by atoms with Gasteiger partial charge in [-0.3, -0.25) is 4.79 Å². The van der Waals surface area contributed by atoms with Crippen LogP contribution in [0.25, 0.3) is 0 Å². The second-order valence-electron chi connectivity index (χ2n) is 6.08. The predicted octanol–water partition coefficient (Wildman–Crippen LogP) is 4.58. The Morgan fingerprint density at radius 1 is 1.11 bits per heavy atom. The summed E-state index contributed by atoms with van der Waals surface area (Å²) in [4.78, 5) is 11.9. The van der Waals surface area contributed by atoms with Crippen molar-refractivity contribution in [2.45, 2.75) is 38.1 Å². The first-order valence-corrected chi connectivity index (χ1v) is 10.6. The summed E-state index contributed by atoms with van der Waals surface area (Å²) in [6.45, 7) is 5.47. The molecular formula is C19H21Cl2NO4S. The fourth-order valence-corrected chi connectivity index (χ4v) is 4.54. The molecule has 0 aliphatic heterocycles. The van der Waals surface area contributed by atoms with Gasteiger partial charge in [-0.25, -0.2) is 13.1 Å². The van der Waals surface area contributed by atoms with Gasteiger partial charge in [0.05, 0.1) is 24.1 Å². The summed E-state index contributed by atoms with van der Waals surface area (Å²) in [6.07, 6.45) is -0.139. The second-order valence-corrected chi connectivity index (χ2v) is 8.55. The van der Waals surface area contributed by atoms with Crippen LogP contribution >= 0.6 is 23.2 Å². The Kier molecular flexibility index (Phi) is 7.28. The third kappa shape index (κ3) is 5.45. The molecule has 0 aliphatic rings. The third-order valence-electron chi connectivity index (χ3n) is 4.03. The quantitative estimate of drug-likeness (QED) is 0.653. The summed E-state index contributed by atoms with van der Waals surface area (Å²) in [7, 11) is -4.00. The van der Waals surface area contributed by atoms with Crippen LogP contribution < -0.4 is 4.72 Å². The number of aryl methyl sites for hydroxylation is 1. The van der Waals surface area contributed by atoms with Crippen LogP contribution in [0.5, 0.6) is 0 Å². The van der Waals surface area contributed by atoms with Gasteiger partial charge in [0.2, 0.25) is 10.0 Å². The molecule has 0 spiro atoms. The minimum absolute atomic E-state index is 0.0498. The number of ether oxygens (including phenoxy) is 1. The van der Waals surface area contributed by atoms with E-state index in [2.05, 4.69) is 4.72 Å². The van der Waals surface area contributed by atoms with Gasteiger partial charge in [0.15, 0.2) is 0 Å². The first-order chi connectivity index (χ1) is 12.7. The minimum Gasteiger partial charge on any atom is -0.466 e. The van der Waals surface area contributed by atoms with Crippen molar-refractivity contribution >= 4 is 39.2 Å². The number of rotatable bonds is 7. The van der Waals surface area contributed by atoms with Crippen molar-refractivity contribution in [1.29, 1.82) is 0 Å². The molecule has 0 bridgehead atoms. The molecule has 1 atom stereocenters. The largest absolute Gasteiger partial charge is 0.466 e. The number of carbonyl (C=O) groups excluding carboxylic acids is 1. The highest BCUT2D eigenvalue weighted by atomic mass is 35.5. The highest BCUT2D eigenvalue weighted by Crippen LogP contribution is 2.31. The van der Waals surface area contributed by atoms with Crippen molar-refractivity contribution in [1.82, 2.24) is 4.72 Å². The number of hydrogen-bond donors (Lipinski definition) is 1. The number of sulfonamides is 1. The summed E-state index contributed by atoms with van der Waals surface area (Å²) in [6, 6.07) is 9.27. The van der Waals surface area contributed by atoms with Crippen LogP contribution in [0, 0.1) is 13.8 Å². The molecule has 0 aliphatic carbocycles. The molecule has 0 radical (unpaired) electrons. The number of esters is 1. The van der Waals surface area contributed by atoms with Crippen LogP contribution in [-0.4, -0.2) is 21.0 Å². The van der Waals surface area contributed by atoms with Crippen LogP contribution in [-0.2, 0) is 19.6 Å². The monoisotopic (exact) mass is 429 g/mol. The Bertz CT molecular complexity index is 927. The summed E-state index contributed by atoms with van der Waals surface area (Å²) < 4.78 is 33.4. The fourth-order valence-electron chi connectivity index (χ4n) is 2.51. The first kappa shape index (κ1) is 21.7. The second kappa shape index (κ2) is 9.06. The summed E-state index contributed by atoms with van der Waals surface area (Å²) in [5.74, 6) is -0.496. The highest BCUT2D eigenvalue weighted by Gasteiger charge is 2.27. The molecule has 146 valence electrons. The van der Waals surface area contributed by atoms with Gasteiger partial charge in [0, 0.05) is 5.02 Å². The van der Waals surface area contributed by atoms with Crippen molar-refractivity contribution in [2.24, 2.45) is 0 Å². The van der Waals surface area contributed by atoms with E-state index in [1.807, 2.05) is 19.1 Å². The van der Waals surface area contributed by atoms with E-state index in [9.17, 15) is 13.2 Å². The molecular weight excluding hydrogens is 409 g/mol. The Hall–Kier alpha value is -1.60. The van der Waals surface area contributed by atoms with Gasteiger partial charge in [-0.05, 0) is 44.0 Å². The molecule has 0 fully saturated rings. The topological polar surface area (TPSA) is 72.5 Å². The van der Waals surface area contributed by atoms with E-state index >= 15 is 0 Å². The van der Waals surface area contributed by atoms with E-state index in [1.165, 1.54) is 12.1 Å². The SMILES string of the molecule is CCOC(=O)C[C@H](NS(=O)(=O)c1ccc(Cl)c(C)c1Cl)c1ccc(C)cc1. The lowest BCUT2D eigenvalue weighted by molar-refractivity contribution is -0.143. The van der Waals surface area contributed by atoms with Gasteiger partial charge >= 0.3 is 5.97 Å². The first-order valence-electron chi connectivity index (χ1n) is 8.34. The summed E-state index contributed by atoms with van der Waals surface area (Å²) in [5.41, 5.74) is 2.14. The molecule has 27 heavy (non-hydrogen) atoms. The summed E-state index contributed by atoms with van der Waals surface area (Å²) in [5, 5.41) is 0.425. The van der Waals surface area contributed by atoms with Crippen molar-refractivity contribution < 1.29 is 17.9 Å². The van der Waals surface area contributed by atoms with Crippen LogP contribution in [0.2, 0.25) is 10.0 Å². The maximum atomic E-state index is 12.9. The standard InChI is InChI=1S/C19H21Cl2NO4S/c1-4-26-18(23)11-16(14-7-5-12(2)6-8-14)22-27(24,25)17-10-9-15(20)13(3)19(17)21/h5-10,16,22H,4,11H2,1-3H3/t16-/m0/s1. The zero-order valence-corrected chi connectivity index (χ0v) is 17.6. The van der Waals surface area contributed by atoms with Gasteiger partial charge in [-0.2, -0.15) is 0 Å². The Labute approximate surface area is 169 Å². The van der Waals surface area contributed by atoms with Crippen molar-refractivity contribution in [3.05, 3.63) is 63.1 Å². The van der Waals surface area contributed by atoms with Crippen molar-refractivity contribution in [3.8, 4) is 0 Å². The maximum Gasteiger partial charge on any atom is 0.307 e. The molecule has 0 unspecified atom stereocenters. The van der Waals surface area contributed by atoms with Gasteiger partial charge in [-0.1, -0.05) is 53.0 Å². The van der Waals surface area contributed by atoms with Crippen LogP contribution in [0.15, 0.2) is 41.3 Å². The highest BCUT2D eigenvalue weighted by molar-refractivity contribution is 7.89. The van der Waals surface area contributed by atoms with Crippen LogP contribution in [0.4, 0.5) is 0 Å². The maximum absolute atomic E-state index is 12.9. The molecule has 0 saturated carbocycles. The molecule has 2 rings (SSSR count). The number of carbonyl (C=O) groups is 1. The Balaban J connectivity index is 2.40. The zero-order valence-electron chi connectivity index (χ0n) is 15.3. The average Bonchev–Trinajstić information content (AvgIpc) is 2.59. The molecule has 0 aromatic heterocycles. The fraction of sp³-hybridized carbons (Fsp3) is 0.316. The smallest absolute Gasteiger partial charge is 0.307 e. The van der Waals surface area contributed by atoms with E-state index in [0.29, 0.717) is 16.1 Å². The van der Waals surface area contributed by atoms with E-state index in [4.69, 9.17) is 27.9 Å². The number of nitrogens with one attached hydrogen (secondary N) is 1. The molecule has 0 amide bonds. The molecule has 8 heteroatoms. The molecule has 1 N–H and O–H groups in total. The Morgan fingerprint density at radius 3 is 2.33 bits per heavy atom. The minimum atomic E-state index is -4.00. The van der Waals surface area contributed by atoms with Gasteiger partial charge in [0.1, 0.15) is 4.90 Å². The Morgan fingerprint density at radius 2 is 1.74 bits per heavy atom. The lowest BCUT2D eigenvalue weighted by Crippen LogP contribution is -2.31. The predicted molar refractivity (Wildman–Crippen MR) is 107 cm³/mol. The lowest BCUT2D eigenvalue weighted by Gasteiger charge is -2.20. The van der Waals surface area contributed by atoms with Gasteiger partial charge < -0.3 is 4.74 Å². The van der Waals surface area contributed by atoms with Gasteiger partial charge in [-0.15, -0.1) is 0 Å². The van der Waals surface area contributed by atoms with Gasteiger partial charge in [0.25, 0.3) is 0 Å². The van der Waals surface area contributed by atoms with Crippen LogP contribution in [0.3, 0.4) is 0 Å². The van der Waals surface area contributed by atoms with E-state index < -0.39 is 22.0 Å². The lowest BCUT2D eigenvalue weighted by atomic mass is 10.0. The molecule has 2 aromatic rings. The number of benzene rings is 2. The molecule has 0 heterocycles.